The van der Waals surface area contributed by atoms with E-state index in [1.54, 1.807) is 0 Å². The van der Waals surface area contributed by atoms with Gasteiger partial charge in [-0.05, 0) is 18.2 Å². The third-order valence-electron chi connectivity index (χ3n) is 2.47. The van der Waals surface area contributed by atoms with E-state index < -0.39 is 17.5 Å². The van der Waals surface area contributed by atoms with E-state index in [2.05, 4.69) is 4.98 Å². The molecular formula is C12H5Cl3F3NO. The molecule has 1 heterocycles. The maximum atomic E-state index is 12.7. The van der Waals surface area contributed by atoms with E-state index in [1.807, 2.05) is 0 Å². The molecule has 0 radical (unpaired) electrons. The third kappa shape index (κ3) is 2.80. The van der Waals surface area contributed by atoms with E-state index in [9.17, 15) is 18.3 Å². The fourth-order valence-corrected chi connectivity index (χ4v) is 2.63. The highest BCUT2D eigenvalue weighted by atomic mass is 35.5. The molecule has 1 aromatic carbocycles. The molecule has 106 valence electrons. The SMILES string of the molecule is Oc1c(C(F)(F)F)ccnc1-c1c(Cl)cc(Cl)cc1Cl. The molecule has 0 aliphatic carbocycles. The summed E-state index contributed by atoms with van der Waals surface area (Å²) in [6.07, 6.45) is -3.80. The van der Waals surface area contributed by atoms with Crippen LogP contribution in [0.1, 0.15) is 5.56 Å². The van der Waals surface area contributed by atoms with Crippen LogP contribution in [0.15, 0.2) is 24.4 Å². The van der Waals surface area contributed by atoms with E-state index in [4.69, 9.17) is 34.8 Å². The number of benzene rings is 1. The lowest BCUT2D eigenvalue weighted by molar-refractivity contribution is -0.138. The molecular weight excluding hydrogens is 337 g/mol. The average Bonchev–Trinajstić information content (AvgIpc) is 2.28. The highest BCUT2D eigenvalue weighted by Crippen LogP contribution is 2.44. The molecule has 1 aromatic heterocycles. The molecule has 0 spiro atoms. The van der Waals surface area contributed by atoms with Crippen molar-refractivity contribution in [1.29, 1.82) is 0 Å². The second kappa shape index (κ2) is 5.31. The van der Waals surface area contributed by atoms with Crippen LogP contribution >= 0.6 is 34.8 Å². The van der Waals surface area contributed by atoms with Crippen molar-refractivity contribution in [3.05, 3.63) is 45.0 Å². The summed E-state index contributed by atoms with van der Waals surface area (Å²) in [6.45, 7) is 0. The highest BCUT2D eigenvalue weighted by molar-refractivity contribution is 6.41. The summed E-state index contributed by atoms with van der Waals surface area (Å²) in [6, 6.07) is 3.26. The number of halogens is 6. The number of nitrogens with zero attached hydrogens (tertiary/aromatic N) is 1. The van der Waals surface area contributed by atoms with Gasteiger partial charge < -0.3 is 5.11 Å². The quantitative estimate of drug-likeness (QED) is 0.749. The number of alkyl halides is 3. The monoisotopic (exact) mass is 341 g/mol. The van der Waals surface area contributed by atoms with Crippen LogP contribution in [0, 0.1) is 0 Å². The number of pyridine rings is 1. The molecule has 2 rings (SSSR count). The van der Waals surface area contributed by atoms with Gasteiger partial charge in [0.1, 0.15) is 11.3 Å². The van der Waals surface area contributed by atoms with Gasteiger partial charge in [0, 0.05) is 16.8 Å². The van der Waals surface area contributed by atoms with E-state index in [1.165, 1.54) is 12.1 Å². The number of hydrogen-bond acceptors (Lipinski definition) is 2. The maximum absolute atomic E-state index is 12.7. The Hall–Kier alpha value is -1.17. The molecule has 0 saturated carbocycles. The minimum atomic E-state index is -4.72. The molecule has 0 atom stereocenters. The van der Waals surface area contributed by atoms with Crippen LogP contribution in [0.25, 0.3) is 11.3 Å². The molecule has 2 aromatic rings. The zero-order valence-corrected chi connectivity index (χ0v) is 11.7. The minimum Gasteiger partial charge on any atom is -0.505 e. The van der Waals surface area contributed by atoms with E-state index in [-0.39, 0.29) is 26.3 Å². The Balaban J connectivity index is 2.72. The molecule has 0 fully saturated rings. The summed E-state index contributed by atoms with van der Waals surface area (Å²) in [5, 5.41) is 9.96. The van der Waals surface area contributed by atoms with E-state index in [0.29, 0.717) is 6.07 Å². The van der Waals surface area contributed by atoms with Gasteiger partial charge in [0.25, 0.3) is 0 Å². The normalized spacial score (nSPS) is 11.7. The van der Waals surface area contributed by atoms with Crippen LogP contribution < -0.4 is 0 Å². The van der Waals surface area contributed by atoms with Crippen LogP contribution in [0.2, 0.25) is 15.1 Å². The van der Waals surface area contributed by atoms with Crippen molar-refractivity contribution in [3.63, 3.8) is 0 Å². The van der Waals surface area contributed by atoms with Gasteiger partial charge in [0.05, 0.1) is 10.0 Å². The minimum absolute atomic E-state index is 0.00961. The van der Waals surface area contributed by atoms with Crippen molar-refractivity contribution in [1.82, 2.24) is 4.98 Å². The van der Waals surface area contributed by atoms with Crippen molar-refractivity contribution in [2.45, 2.75) is 6.18 Å². The Morgan fingerprint density at radius 2 is 1.60 bits per heavy atom. The topological polar surface area (TPSA) is 33.1 Å². The van der Waals surface area contributed by atoms with E-state index in [0.717, 1.165) is 6.20 Å². The van der Waals surface area contributed by atoms with Crippen LogP contribution in [-0.2, 0) is 6.18 Å². The second-order valence-electron chi connectivity index (χ2n) is 3.80. The van der Waals surface area contributed by atoms with Gasteiger partial charge in [-0.15, -0.1) is 0 Å². The summed E-state index contributed by atoms with van der Waals surface area (Å²) < 4.78 is 38.2. The van der Waals surface area contributed by atoms with Gasteiger partial charge in [-0.1, -0.05) is 34.8 Å². The molecule has 0 bridgehead atoms. The van der Waals surface area contributed by atoms with Crippen LogP contribution in [0.3, 0.4) is 0 Å². The molecule has 0 saturated heterocycles. The average molecular weight is 343 g/mol. The lowest BCUT2D eigenvalue weighted by Crippen LogP contribution is -2.06. The first-order chi connectivity index (χ1) is 9.21. The highest BCUT2D eigenvalue weighted by Gasteiger charge is 2.35. The molecule has 0 aliphatic heterocycles. The number of aromatic hydroxyl groups is 1. The van der Waals surface area contributed by atoms with E-state index >= 15 is 0 Å². The summed E-state index contributed by atoms with van der Waals surface area (Å²) in [5.41, 5.74) is -1.59. The van der Waals surface area contributed by atoms with Crippen LogP contribution in [0.4, 0.5) is 13.2 Å². The zero-order valence-electron chi connectivity index (χ0n) is 9.47. The van der Waals surface area contributed by atoms with Crippen LogP contribution in [0.5, 0.6) is 5.75 Å². The van der Waals surface area contributed by atoms with Crippen molar-refractivity contribution in [3.8, 4) is 17.0 Å². The zero-order chi connectivity index (χ0) is 15.1. The molecule has 8 heteroatoms. The predicted molar refractivity (Wildman–Crippen MR) is 71.4 cm³/mol. The Kier molecular flexibility index (Phi) is 4.04. The summed E-state index contributed by atoms with van der Waals surface area (Å²) in [5.74, 6) is -1.04. The van der Waals surface area contributed by atoms with Gasteiger partial charge in [-0.3, -0.25) is 4.98 Å². The number of aromatic nitrogens is 1. The fraction of sp³-hybridized carbons (Fsp3) is 0.0833. The third-order valence-corrected chi connectivity index (χ3v) is 3.29. The molecule has 20 heavy (non-hydrogen) atoms. The van der Waals surface area contributed by atoms with Crippen molar-refractivity contribution in [2.75, 3.05) is 0 Å². The summed E-state index contributed by atoms with van der Waals surface area (Å²) in [4.78, 5) is 3.71. The van der Waals surface area contributed by atoms with Gasteiger partial charge in [0.15, 0.2) is 5.75 Å². The van der Waals surface area contributed by atoms with Crippen molar-refractivity contribution in [2.24, 2.45) is 0 Å². The largest absolute Gasteiger partial charge is 0.505 e. The van der Waals surface area contributed by atoms with Crippen molar-refractivity contribution >= 4 is 34.8 Å². The van der Waals surface area contributed by atoms with Crippen LogP contribution in [-0.4, -0.2) is 10.1 Å². The molecule has 1 N–H and O–H groups in total. The fourth-order valence-electron chi connectivity index (χ4n) is 1.63. The lowest BCUT2D eigenvalue weighted by Gasteiger charge is -2.13. The Labute approximate surface area is 126 Å². The number of hydrogen-bond donors (Lipinski definition) is 1. The first kappa shape index (κ1) is 15.2. The predicted octanol–water partition coefficient (Wildman–Crippen LogP) is 5.43. The smallest absolute Gasteiger partial charge is 0.420 e. The maximum Gasteiger partial charge on any atom is 0.420 e. The summed E-state index contributed by atoms with van der Waals surface area (Å²) in [7, 11) is 0. The molecule has 0 unspecified atom stereocenters. The Morgan fingerprint density at radius 3 is 2.10 bits per heavy atom. The summed E-state index contributed by atoms with van der Waals surface area (Å²) >= 11 is 17.5. The van der Waals surface area contributed by atoms with Gasteiger partial charge in [-0.2, -0.15) is 13.2 Å². The van der Waals surface area contributed by atoms with Gasteiger partial charge in [0.2, 0.25) is 0 Å². The Morgan fingerprint density at radius 1 is 1.05 bits per heavy atom. The van der Waals surface area contributed by atoms with Crippen molar-refractivity contribution < 1.29 is 18.3 Å². The Bertz CT molecular complexity index is 650. The van der Waals surface area contributed by atoms with Gasteiger partial charge in [-0.25, -0.2) is 0 Å². The second-order valence-corrected chi connectivity index (χ2v) is 5.05. The molecule has 2 nitrogen and oxygen atoms in total. The standard InChI is InChI=1S/C12H5Cl3F3NO/c13-5-3-7(14)9(8(15)4-5)10-11(20)6(1-2-19-10)12(16,17)18/h1-4,20H. The molecule has 0 aliphatic rings. The number of rotatable bonds is 1. The van der Waals surface area contributed by atoms with Gasteiger partial charge >= 0.3 is 6.18 Å². The lowest BCUT2D eigenvalue weighted by atomic mass is 10.1. The molecule has 0 amide bonds. The first-order valence-corrected chi connectivity index (χ1v) is 6.25. The first-order valence-electron chi connectivity index (χ1n) is 5.12.